The number of hydrogen-bond acceptors (Lipinski definition) is 4. The number of aromatic nitrogens is 3. The van der Waals surface area contributed by atoms with Crippen molar-refractivity contribution in [1.29, 1.82) is 0 Å². The third-order valence-corrected chi connectivity index (χ3v) is 10.2. The lowest BCUT2D eigenvalue weighted by Crippen LogP contribution is -2.00. The van der Waals surface area contributed by atoms with Crippen molar-refractivity contribution in [2.75, 3.05) is 0 Å². The number of fused-ring (bicyclic) bond motifs is 2. The quantitative estimate of drug-likeness (QED) is 0.178. The lowest BCUT2D eigenvalue weighted by atomic mass is 9.87. The van der Waals surface area contributed by atoms with Gasteiger partial charge in [-0.1, -0.05) is 127 Å². The molecule has 4 nitrogen and oxygen atoms in total. The molecule has 0 fully saturated rings. The second-order valence-electron chi connectivity index (χ2n) is 13.2. The van der Waals surface area contributed by atoms with Crippen molar-refractivity contribution in [2.45, 2.75) is 0 Å². The normalized spacial score (nSPS) is 12.1. The second-order valence-corrected chi connectivity index (χ2v) is 13.2. The van der Waals surface area contributed by atoms with E-state index in [1.165, 1.54) is 43.6 Å². The number of para-hydroxylation sites is 1. The van der Waals surface area contributed by atoms with Crippen LogP contribution >= 0.6 is 0 Å². The fourth-order valence-corrected chi connectivity index (χ4v) is 7.89. The molecule has 0 saturated carbocycles. The summed E-state index contributed by atoms with van der Waals surface area (Å²) in [5, 5.41) is 9.63. The Bertz CT molecular complexity index is 2870. The van der Waals surface area contributed by atoms with Gasteiger partial charge >= 0.3 is 0 Å². The Balaban J connectivity index is 1.07. The highest BCUT2D eigenvalue weighted by molar-refractivity contribution is 6.25. The predicted molar refractivity (Wildman–Crippen MR) is 208 cm³/mol. The summed E-state index contributed by atoms with van der Waals surface area (Å²) in [7, 11) is 0. The summed E-state index contributed by atoms with van der Waals surface area (Å²) in [5.41, 5.74) is 7.61. The number of benzene rings is 9. The lowest BCUT2D eigenvalue weighted by Gasteiger charge is -2.22. The van der Waals surface area contributed by atoms with E-state index in [2.05, 4.69) is 91.0 Å². The molecule has 2 heterocycles. The summed E-state index contributed by atoms with van der Waals surface area (Å²) in [6.45, 7) is 0. The minimum atomic E-state index is 0.657. The van der Waals surface area contributed by atoms with Gasteiger partial charge in [-0.05, 0) is 90.8 Å². The predicted octanol–water partition coefficient (Wildman–Crippen LogP) is 12.4. The minimum Gasteiger partial charge on any atom is -0.456 e. The van der Waals surface area contributed by atoms with Crippen LogP contribution in [-0.2, 0) is 0 Å². The SMILES string of the molecule is c1ccc(-c2nc(-c3ccccc3)nc(-c3cc4ccc5cc(-c6ccc7c8c(cccc68)-c6ccccc6O7)cc6ccc(c3)c4c56)n2)cc1. The van der Waals surface area contributed by atoms with Crippen molar-refractivity contribution in [3.8, 4) is 67.9 Å². The zero-order valence-corrected chi connectivity index (χ0v) is 27.3. The van der Waals surface area contributed by atoms with Crippen molar-refractivity contribution in [1.82, 2.24) is 15.0 Å². The van der Waals surface area contributed by atoms with Crippen LogP contribution < -0.4 is 4.74 Å². The number of nitrogens with zero attached hydrogens (tertiary/aromatic N) is 3. The highest BCUT2D eigenvalue weighted by Gasteiger charge is 2.22. The van der Waals surface area contributed by atoms with Gasteiger partial charge in [0.05, 0.1) is 0 Å². The van der Waals surface area contributed by atoms with Crippen LogP contribution in [0.1, 0.15) is 0 Å². The summed E-state index contributed by atoms with van der Waals surface area (Å²) >= 11 is 0. The van der Waals surface area contributed by atoms with Gasteiger partial charge in [0.25, 0.3) is 0 Å². The maximum Gasteiger partial charge on any atom is 0.164 e. The van der Waals surface area contributed by atoms with Crippen molar-refractivity contribution >= 4 is 43.1 Å². The molecule has 0 saturated heterocycles. The van der Waals surface area contributed by atoms with Crippen LogP contribution in [-0.4, -0.2) is 15.0 Å². The van der Waals surface area contributed by atoms with E-state index in [4.69, 9.17) is 19.7 Å². The van der Waals surface area contributed by atoms with Crippen LogP contribution in [0.3, 0.4) is 0 Å². The first-order valence-corrected chi connectivity index (χ1v) is 17.2. The third kappa shape index (κ3) is 4.37. The molecular weight excluding hydrogens is 623 g/mol. The average molecular weight is 650 g/mol. The maximum absolute atomic E-state index is 6.39. The fraction of sp³-hybridized carbons (Fsp3) is 0. The third-order valence-electron chi connectivity index (χ3n) is 10.2. The smallest absolute Gasteiger partial charge is 0.164 e. The summed E-state index contributed by atoms with van der Waals surface area (Å²) in [4.78, 5) is 14.9. The van der Waals surface area contributed by atoms with Crippen LogP contribution in [0.5, 0.6) is 11.5 Å². The van der Waals surface area contributed by atoms with E-state index in [0.29, 0.717) is 17.5 Å². The molecule has 1 aromatic heterocycles. The maximum atomic E-state index is 6.39. The van der Waals surface area contributed by atoms with E-state index in [1.54, 1.807) is 0 Å². The standard InChI is InChI=1S/C47H27N3O/c1-3-10-28(11-4-1)45-48-46(29-12-5-2-6-13-29)50-47(49-45)35-26-32-20-18-30-24-34(25-31-19-21-33(27-35)43(32)42(30)31)36-22-23-41-44-38(36)15-9-16-39(44)37-14-7-8-17-40(37)51-41/h1-27H. The summed E-state index contributed by atoms with van der Waals surface area (Å²) in [6, 6.07) is 57.5. The van der Waals surface area contributed by atoms with E-state index < -0.39 is 0 Å². The molecule has 1 aliphatic rings. The Kier molecular flexibility index (Phi) is 5.92. The molecule has 11 rings (SSSR count). The highest BCUT2D eigenvalue weighted by atomic mass is 16.5. The van der Waals surface area contributed by atoms with Gasteiger partial charge in [0.1, 0.15) is 11.5 Å². The van der Waals surface area contributed by atoms with E-state index in [1.807, 2.05) is 72.8 Å². The molecule has 0 radical (unpaired) electrons. The highest BCUT2D eigenvalue weighted by Crippen LogP contribution is 2.49. The molecule has 0 aliphatic carbocycles. The van der Waals surface area contributed by atoms with Gasteiger partial charge in [0, 0.05) is 27.6 Å². The number of hydrogen-bond donors (Lipinski definition) is 0. The van der Waals surface area contributed by atoms with Crippen LogP contribution in [0.25, 0.3) is 99.5 Å². The molecule has 4 heteroatoms. The number of rotatable bonds is 4. The van der Waals surface area contributed by atoms with E-state index in [0.717, 1.165) is 49.9 Å². The van der Waals surface area contributed by atoms with Gasteiger partial charge in [0.15, 0.2) is 17.5 Å². The summed E-state index contributed by atoms with van der Waals surface area (Å²) in [5.74, 6) is 3.78. The van der Waals surface area contributed by atoms with Crippen LogP contribution in [0.4, 0.5) is 0 Å². The first-order valence-electron chi connectivity index (χ1n) is 17.2. The van der Waals surface area contributed by atoms with Crippen LogP contribution in [0.2, 0.25) is 0 Å². The zero-order valence-electron chi connectivity index (χ0n) is 27.3. The Morgan fingerprint density at radius 2 is 0.824 bits per heavy atom. The molecule has 0 unspecified atom stereocenters. The molecule has 9 aromatic carbocycles. The van der Waals surface area contributed by atoms with Gasteiger partial charge in [-0.2, -0.15) is 0 Å². The molecular formula is C47H27N3O. The molecule has 51 heavy (non-hydrogen) atoms. The molecule has 0 amide bonds. The average Bonchev–Trinajstić information content (AvgIpc) is 3.20. The van der Waals surface area contributed by atoms with Gasteiger partial charge < -0.3 is 4.74 Å². The summed E-state index contributed by atoms with van der Waals surface area (Å²) < 4.78 is 6.39. The number of ether oxygens (including phenoxy) is 1. The van der Waals surface area contributed by atoms with Crippen molar-refractivity contribution in [2.24, 2.45) is 0 Å². The monoisotopic (exact) mass is 649 g/mol. The van der Waals surface area contributed by atoms with E-state index >= 15 is 0 Å². The topological polar surface area (TPSA) is 47.9 Å². The Labute approximate surface area is 293 Å². The Hall–Kier alpha value is -6.91. The zero-order chi connectivity index (χ0) is 33.5. The van der Waals surface area contributed by atoms with Gasteiger partial charge in [-0.3, -0.25) is 0 Å². The largest absolute Gasteiger partial charge is 0.456 e. The van der Waals surface area contributed by atoms with E-state index in [9.17, 15) is 0 Å². The first-order chi connectivity index (χ1) is 25.2. The molecule has 236 valence electrons. The van der Waals surface area contributed by atoms with Crippen molar-refractivity contribution in [3.63, 3.8) is 0 Å². The molecule has 0 N–H and O–H groups in total. The molecule has 0 atom stereocenters. The molecule has 1 aliphatic heterocycles. The molecule has 0 spiro atoms. The van der Waals surface area contributed by atoms with Crippen molar-refractivity contribution < 1.29 is 4.74 Å². The van der Waals surface area contributed by atoms with Gasteiger partial charge in [0.2, 0.25) is 0 Å². The van der Waals surface area contributed by atoms with E-state index in [-0.39, 0.29) is 0 Å². The molecule has 0 bridgehead atoms. The second kappa shape index (κ2) is 10.8. The van der Waals surface area contributed by atoms with Crippen LogP contribution in [0.15, 0.2) is 164 Å². The molecule has 10 aromatic rings. The minimum absolute atomic E-state index is 0.657. The van der Waals surface area contributed by atoms with Gasteiger partial charge in [-0.25, -0.2) is 15.0 Å². The van der Waals surface area contributed by atoms with Crippen molar-refractivity contribution in [3.05, 3.63) is 164 Å². The lowest BCUT2D eigenvalue weighted by molar-refractivity contribution is 0.487. The summed E-state index contributed by atoms with van der Waals surface area (Å²) in [6.07, 6.45) is 0. The first kappa shape index (κ1) is 28.0. The Morgan fingerprint density at radius 1 is 0.314 bits per heavy atom. The van der Waals surface area contributed by atoms with Gasteiger partial charge in [-0.15, -0.1) is 0 Å². The Morgan fingerprint density at radius 3 is 1.43 bits per heavy atom. The fourth-order valence-electron chi connectivity index (χ4n) is 7.89. The van der Waals surface area contributed by atoms with Crippen LogP contribution in [0, 0.1) is 0 Å².